The molecule has 0 aliphatic heterocycles. The molecule has 130 valence electrons. The maximum Gasteiger partial charge on any atom is 0.264 e. The minimum Gasteiger partial charge on any atom is -0.356 e. The van der Waals surface area contributed by atoms with Gasteiger partial charge in [-0.25, -0.2) is 9.67 Å². The highest BCUT2D eigenvalue weighted by atomic mass is 16.1. The van der Waals surface area contributed by atoms with E-state index in [4.69, 9.17) is 0 Å². The van der Waals surface area contributed by atoms with Crippen LogP contribution in [0.4, 0.5) is 0 Å². The van der Waals surface area contributed by atoms with Crippen LogP contribution in [0.15, 0.2) is 35.3 Å². The molecule has 3 rings (SSSR count). The molecular weight excluding hydrogens is 318 g/mol. The average Bonchev–Trinajstić information content (AvgIpc) is 2.99. The van der Waals surface area contributed by atoms with Crippen molar-refractivity contribution in [2.24, 2.45) is 0 Å². The molecule has 0 fully saturated rings. The quantitative estimate of drug-likeness (QED) is 0.767. The first-order valence-electron chi connectivity index (χ1n) is 8.30. The molecule has 7 heteroatoms. The van der Waals surface area contributed by atoms with Gasteiger partial charge in [0.05, 0.1) is 11.9 Å². The number of fused-ring (bicyclic) bond motifs is 1. The molecule has 7 nitrogen and oxygen atoms in total. The molecule has 0 bridgehead atoms. The number of rotatable bonds is 5. The smallest absolute Gasteiger partial charge is 0.264 e. The molecule has 1 N–H and O–H groups in total. The fourth-order valence-corrected chi connectivity index (χ4v) is 2.74. The van der Waals surface area contributed by atoms with Crippen LogP contribution in [-0.4, -0.2) is 31.8 Å². The molecule has 0 saturated carbocycles. The van der Waals surface area contributed by atoms with Crippen molar-refractivity contribution in [3.8, 4) is 5.69 Å². The fraction of sp³-hybridized carbons (Fsp3) is 0.333. The molecule has 0 aliphatic carbocycles. The molecule has 0 atom stereocenters. The fourth-order valence-electron chi connectivity index (χ4n) is 2.74. The highest BCUT2D eigenvalue weighted by molar-refractivity contribution is 5.76. The van der Waals surface area contributed by atoms with Gasteiger partial charge < -0.3 is 5.32 Å². The molecule has 0 aliphatic rings. The van der Waals surface area contributed by atoms with Crippen molar-refractivity contribution in [2.45, 2.75) is 33.7 Å². The van der Waals surface area contributed by atoms with Gasteiger partial charge in [-0.3, -0.25) is 14.2 Å². The lowest BCUT2D eigenvalue weighted by Crippen LogP contribution is -2.29. The lowest BCUT2D eigenvalue weighted by Gasteiger charge is -2.10. The van der Waals surface area contributed by atoms with Crippen LogP contribution in [-0.2, 0) is 11.3 Å². The summed E-state index contributed by atoms with van der Waals surface area (Å²) < 4.78 is 3.19. The van der Waals surface area contributed by atoms with E-state index in [1.165, 1.54) is 10.8 Å². The Kier molecular flexibility index (Phi) is 4.65. The summed E-state index contributed by atoms with van der Waals surface area (Å²) in [6.07, 6.45) is 1.78. The highest BCUT2D eigenvalue weighted by Crippen LogP contribution is 2.15. The summed E-state index contributed by atoms with van der Waals surface area (Å²) in [7, 11) is 0. The summed E-state index contributed by atoms with van der Waals surface area (Å²) >= 11 is 0. The lowest BCUT2D eigenvalue weighted by molar-refractivity contribution is -0.121. The Hall–Kier alpha value is -2.96. The van der Waals surface area contributed by atoms with Crippen LogP contribution in [0.3, 0.4) is 0 Å². The Morgan fingerprint density at radius 1 is 1.20 bits per heavy atom. The van der Waals surface area contributed by atoms with E-state index in [2.05, 4.69) is 15.4 Å². The van der Waals surface area contributed by atoms with Crippen molar-refractivity contribution in [1.29, 1.82) is 0 Å². The molecule has 2 heterocycles. The molecule has 3 aromatic rings. The first-order valence-corrected chi connectivity index (χ1v) is 8.30. The van der Waals surface area contributed by atoms with E-state index in [0.717, 1.165) is 11.3 Å². The van der Waals surface area contributed by atoms with Crippen LogP contribution >= 0.6 is 0 Å². The summed E-state index contributed by atoms with van der Waals surface area (Å²) in [5.74, 6) is 0.486. The number of aryl methyl sites for hydroxylation is 2. The third-order valence-corrected chi connectivity index (χ3v) is 4.09. The number of hydrogen-bond acceptors (Lipinski definition) is 4. The SMILES string of the molecule is CCNC(=O)CCn1c(C)nc2c(cnn2-c2ccc(C)cc2)c1=O. The van der Waals surface area contributed by atoms with Crippen molar-refractivity contribution in [1.82, 2.24) is 24.6 Å². The van der Waals surface area contributed by atoms with Crippen LogP contribution in [0.5, 0.6) is 0 Å². The number of hydrogen-bond donors (Lipinski definition) is 1. The van der Waals surface area contributed by atoms with Gasteiger partial charge in [-0.15, -0.1) is 0 Å². The third-order valence-electron chi connectivity index (χ3n) is 4.09. The molecule has 25 heavy (non-hydrogen) atoms. The Labute approximate surface area is 145 Å². The number of benzene rings is 1. The second-order valence-corrected chi connectivity index (χ2v) is 5.95. The molecule has 2 aromatic heterocycles. The molecule has 0 unspecified atom stereocenters. The Balaban J connectivity index is 2.00. The summed E-state index contributed by atoms with van der Waals surface area (Å²) in [4.78, 5) is 29.0. The predicted molar refractivity (Wildman–Crippen MR) is 95.9 cm³/mol. The number of nitrogens with zero attached hydrogens (tertiary/aromatic N) is 4. The zero-order valence-electron chi connectivity index (χ0n) is 14.6. The summed E-state index contributed by atoms with van der Waals surface area (Å²) in [6, 6.07) is 7.87. The number of carbonyl (C=O) groups excluding carboxylic acids is 1. The van der Waals surface area contributed by atoms with Crippen molar-refractivity contribution < 1.29 is 4.79 Å². The molecular formula is C18H21N5O2. The van der Waals surface area contributed by atoms with Gasteiger partial charge in [-0.05, 0) is 32.9 Å². The van der Waals surface area contributed by atoms with Gasteiger partial charge in [0.25, 0.3) is 5.56 Å². The van der Waals surface area contributed by atoms with Gasteiger partial charge in [0.1, 0.15) is 11.2 Å². The number of nitrogens with one attached hydrogen (secondary N) is 1. The molecule has 0 spiro atoms. The normalized spacial score (nSPS) is 11.0. The van der Waals surface area contributed by atoms with E-state index in [1.54, 1.807) is 11.6 Å². The first-order chi connectivity index (χ1) is 12.0. The van der Waals surface area contributed by atoms with Crippen LogP contribution in [0.2, 0.25) is 0 Å². The van der Waals surface area contributed by atoms with Crippen LogP contribution in [0.25, 0.3) is 16.7 Å². The predicted octanol–water partition coefficient (Wildman–Crippen LogP) is 1.73. The number of aromatic nitrogens is 4. The highest BCUT2D eigenvalue weighted by Gasteiger charge is 2.14. The van der Waals surface area contributed by atoms with Gasteiger partial charge in [0.15, 0.2) is 5.65 Å². The van der Waals surface area contributed by atoms with Crippen molar-refractivity contribution >= 4 is 16.9 Å². The largest absolute Gasteiger partial charge is 0.356 e. The Bertz CT molecular complexity index is 970. The van der Waals surface area contributed by atoms with Gasteiger partial charge in [-0.1, -0.05) is 17.7 Å². The first kappa shape index (κ1) is 16.9. The topological polar surface area (TPSA) is 81.8 Å². The van der Waals surface area contributed by atoms with Crippen LogP contribution in [0.1, 0.15) is 24.7 Å². The zero-order valence-corrected chi connectivity index (χ0v) is 14.6. The maximum atomic E-state index is 12.8. The number of carbonyl (C=O) groups is 1. The van der Waals surface area contributed by atoms with Crippen molar-refractivity contribution in [3.63, 3.8) is 0 Å². The van der Waals surface area contributed by atoms with E-state index in [9.17, 15) is 9.59 Å². The second kappa shape index (κ2) is 6.88. The monoisotopic (exact) mass is 339 g/mol. The second-order valence-electron chi connectivity index (χ2n) is 5.95. The summed E-state index contributed by atoms with van der Waals surface area (Å²) in [5, 5.41) is 7.50. The Morgan fingerprint density at radius 2 is 1.92 bits per heavy atom. The standard InChI is InChI=1S/C18H21N5O2/c1-4-19-16(24)9-10-22-13(3)21-17-15(18(22)25)11-20-23(17)14-7-5-12(2)6-8-14/h5-8,11H,4,9-10H2,1-3H3,(H,19,24). The molecule has 1 aromatic carbocycles. The van der Waals surface area contributed by atoms with Gasteiger partial charge >= 0.3 is 0 Å². The lowest BCUT2D eigenvalue weighted by atomic mass is 10.2. The summed E-state index contributed by atoms with van der Waals surface area (Å²) in [5.41, 5.74) is 2.36. The molecule has 0 radical (unpaired) electrons. The van der Waals surface area contributed by atoms with Crippen molar-refractivity contribution in [2.75, 3.05) is 6.54 Å². The maximum absolute atomic E-state index is 12.8. The Morgan fingerprint density at radius 3 is 2.60 bits per heavy atom. The van der Waals surface area contributed by atoms with E-state index in [0.29, 0.717) is 29.9 Å². The average molecular weight is 339 g/mol. The van der Waals surface area contributed by atoms with Gasteiger partial charge in [0, 0.05) is 19.5 Å². The zero-order chi connectivity index (χ0) is 18.0. The molecule has 0 saturated heterocycles. The van der Waals surface area contributed by atoms with Gasteiger partial charge in [0.2, 0.25) is 5.91 Å². The number of amides is 1. The minimum absolute atomic E-state index is 0.0794. The van der Waals surface area contributed by atoms with E-state index < -0.39 is 0 Å². The van der Waals surface area contributed by atoms with Crippen LogP contribution < -0.4 is 10.9 Å². The summed E-state index contributed by atoms with van der Waals surface area (Å²) in [6.45, 7) is 6.52. The van der Waals surface area contributed by atoms with E-state index in [-0.39, 0.29) is 17.9 Å². The van der Waals surface area contributed by atoms with Gasteiger partial charge in [-0.2, -0.15) is 5.10 Å². The third kappa shape index (κ3) is 3.31. The molecule has 1 amide bonds. The van der Waals surface area contributed by atoms with Crippen molar-refractivity contribution in [3.05, 3.63) is 52.2 Å². The van der Waals surface area contributed by atoms with Crippen LogP contribution in [0, 0.1) is 13.8 Å². The van der Waals surface area contributed by atoms with E-state index in [1.807, 2.05) is 38.1 Å². The van der Waals surface area contributed by atoms with E-state index >= 15 is 0 Å². The minimum atomic E-state index is -0.176.